The normalized spacial score (nSPS) is 55.0. The van der Waals surface area contributed by atoms with Crippen LogP contribution < -0.4 is 0 Å². The van der Waals surface area contributed by atoms with E-state index in [1.807, 2.05) is 0 Å². The van der Waals surface area contributed by atoms with E-state index in [1.165, 1.54) is 20.8 Å². The van der Waals surface area contributed by atoms with Crippen LogP contribution >= 0.6 is 0 Å². The lowest BCUT2D eigenvalue weighted by molar-refractivity contribution is -0.390. The molecule has 6 heterocycles. The van der Waals surface area contributed by atoms with Crippen molar-refractivity contribution in [2.24, 2.45) is 50.2 Å². The molecule has 96 heavy (non-hydrogen) atoms. The summed E-state index contributed by atoms with van der Waals surface area (Å²) in [5, 5.41) is 174. The molecule has 0 amide bonds. The number of carboxylic acids is 1. The van der Waals surface area contributed by atoms with Crippen LogP contribution in [0.3, 0.4) is 0 Å². The van der Waals surface area contributed by atoms with Crippen molar-refractivity contribution < 1.29 is 153 Å². The van der Waals surface area contributed by atoms with E-state index in [9.17, 15) is 91.3 Å². The topological polar surface area (TPSA) is 486 Å². The Morgan fingerprint density at radius 1 is 0.531 bits per heavy atom. The summed E-state index contributed by atoms with van der Waals surface area (Å²) in [5.74, 6) is -3.17. The number of aliphatic carboxylic acids is 1. The minimum Gasteiger partial charge on any atom is -0.479 e. The van der Waals surface area contributed by atoms with Gasteiger partial charge in [0.05, 0.1) is 48.5 Å². The van der Waals surface area contributed by atoms with Gasteiger partial charge in [-0.1, -0.05) is 53.2 Å². The van der Waals surface area contributed by atoms with Gasteiger partial charge >= 0.3 is 11.9 Å². The summed E-state index contributed by atoms with van der Waals surface area (Å²) in [4.78, 5) is 42.4. The van der Waals surface area contributed by atoms with Gasteiger partial charge in [0.2, 0.25) is 6.29 Å². The largest absolute Gasteiger partial charge is 0.479 e. The number of ether oxygens (including phenoxy) is 12. The van der Waals surface area contributed by atoms with Crippen molar-refractivity contribution >= 4 is 18.2 Å². The number of carboxylic acid groups (broad SMARTS) is 1. The van der Waals surface area contributed by atoms with E-state index in [0.29, 0.717) is 57.8 Å². The van der Waals surface area contributed by atoms with Crippen molar-refractivity contribution in [2.45, 2.75) is 311 Å². The highest BCUT2D eigenvalue weighted by molar-refractivity contribution is 5.79. The fourth-order valence-electron chi connectivity index (χ4n) is 18.9. The maximum atomic E-state index is 16.0. The second-order valence-electron chi connectivity index (χ2n) is 31.1. The molecule has 0 spiro atoms. The van der Waals surface area contributed by atoms with Crippen LogP contribution in [-0.4, -0.2) is 297 Å². The molecule has 31 nitrogen and oxygen atoms in total. The zero-order chi connectivity index (χ0) is 70.2. The number of rotatable bonds is 15. The average Bonchev–Trinajstić information content (AvgIpc) is 0.676. The Hall–Kier alpha value is -2.69. The summed E-state index contributed by atoms with van der Waals surface area (Å²) in [6, 6.07) is 0. The number of fused-ring (bicyclic) bond motifs is 7. The Morgan fingerprint density at radius 2 is 1.09 bits per heavy atom. The van der Waals surface area contributed by atoms with Crippen molar-refractivity contribution in [3.63, 3.8) is 0 Å². The van der Waals surface area contributed by atoms with Crippen LogP contribution in [0, 0.1) is 50.2 Å². The molecule has 10 fully saturated rings. The number of aliphatic hydroxyl groups excluding tert-OH is 15. The first-order chi connectivity index (χ1) is 44.9. The molecule has 38 atom stereocenters. The van der Waals surface area contributed by atoms with Gasteiger partial charge in [-0.2, -0.15) is 0 Å². The van der Waals surface area contributed by atoms with Crippen molar-refractivity contribution in [3.8, 4) is 0 Å². The van der Waals surface area contributed by atoms with E-state index in [1.54, 1.807) is 6.92 Å². The molecule has 31 heteroatoms. The third-order valence-electron chi connectivity index (χ3n) is 25.1. The van der Waals surface area contributed by atoms with Gasteiger partial charge in [0.25, 0.3) is 0 Å². The zero-order valence-electron chi connectivity index (χ0n) is 55.5. The van der Waals surface area contributed by atoms with E-state index in [2.05, 4.69) is 40.7 Å². The van der Waals surface area contributed by atoms with E-state index in [0.717, 1.165) is 11.9 Å². The number of allylic oxidation sites excluding steroid dienone is 2. The molecule has 11 rings (SSSR count). The molecule has 0 aromatic heterocycles. The van der Waals surface area contributed by atoms with Gasteiger partial charge in [-0.05, 0) is 124 Å². The highest BCUT2D eigenvalue weighted by Gasteiger charge is 2.71. The molecule has 6 saturated heterocycles. The number of carbonyl (C=O) groups is 3. The van der Waals surface area contributed by atoms with E-state index >= 15 is 4.79 Å². The van der Waals surface area contributed by atoms with Crippen LogP contribution in [0.25, 0.3) is 0 Å². The Bertz CT molecular complexity index is 2800. The van der Waals surface area contributed by atoms with Gasteiger partial charge < -0.3 is 143 Å². The molecule has 0 unspecified atom stereocenters. The molecule has 4 saturated carbocycles. The Kier molecular flexibility index (Phi) is 21.3. The van der Waals surface area contributed by atoms with Crippen LogP contribution in [-0.2, 0) is 71.2 Å². The van der Waals surface area contributed by atoms with Crippen LogP contribution in [0.4, 0.5) is 0 Å². The minimum absolute atomic E-state index is 0.0673. The predicted octanol–water partition coefficient (Wildman–Crippen LogP) is -3.39. The van der Waals surface area contributed by atoms with E-state index < -0.39 is 242 Å². The summed E-state index contributed by atoms with van der Waals surface area (Å²) in [6.07, 6.45) is -43.0. The average molecular weight is 1380 g/mol. The number of carbonyl (C=O) groups excluding carboxylic acids is 2. The first-order valence-corrected chi connectivity index (χ1v) is 33.8. The lowest BCUT2D eigenvalue weighted by atomic mass is 9.33. The maximum absolute atomic E-state index is 16.0. The fraction of sp³-hybridized carbons (Fsp3) is 0.923. The highest BCUT2D eigenvalue weighted by Crippen LogP contribution is 2.76. The molecule has 0 bridgehead atoms. The first-order valence-electron chi connectivity index (χ1n) is 33.8. The van der Waals surface area contributed by atoms with Crippen LogP contribution in [0.2, 0.25) is 0 Å². The predicted molar refractivity (Wildman–Crippen MR) is 319 cm³/mol. The maximum Gasteiger partial charge on any atom is 0.335 e. The first kappa shape index (κ1) is 74.5. The van der Waals surface area contributed by atoms with Crippen molar-refractivity contribution in [1.82, 2.24) is 0 Å². The third kappa shape index (κ3) is 12.5. The molecule has 0 aromatic rings. The molecular formula is C65H102O31. The minimum atomic E-state index is -2.10. The summed E-state index contributed by atoms with van der Waals surface area (Å²) in [7, 11) is 0. The van der Waals surface area contributed by atoms with Crippen molar-refractivity contribution in [2.75, 3.05) is 13.2 Å². The molecular weight excluding hydrogens is 1280 g/mol. The molecule has 6 aliphatic heterocycles. The van der Waals surface area contributed by atoms with Gasteiger partial charge in [0.1, 0.15) is 116 Å². The van der Waals surface area contributed by atoms with Crippen molar-refractivity contribution in [3.05, 3.63) is 11.6 Å². The van der Waals surface area contributed by atoms with Crippen LogP contribution in [0.5, 0.6) is 0 Å². The monoisotopic (exact) mass is 1380 g/mol. The van der Waals surface area contributed by atoms with Gasteiger partial charge in [-0.25, -0.2) is 4.79 Å². The summed E-state index contributed by atoms with van der Waals surface area (Å²) < 4.78 is 72.9. The van der Waals surface area contributed by atoms with Crippen LogP contribution in [0.1, 0.15) is 127 Å². The van der Waals surface area contributed by atoms with Gasteiger partial charge in [-0.3, -0.25) is 4.79 Å². The molecule has 16 N–H and O–H groups in total. The number of hydrogen-bond acceptors (Lipinski definition) is 30. The van der Waals surface area contributed by atoms with Gasteiger partial charge in [0, 0.05) is 0 Å². The van der Waals surface area contributed by atoms with Crippen molar-refractivity contribution in [1.29, 1.82) is 0 Å². The molecule has 11 aliphatic rings. The standard InChI is InChI=1S/C65H102O31/c1-24-34(69)38(73)44(79)54(86-24)92-48-35(70)25(2)87-58(51(48)95-55-46(81)42(77)47(26(3)88-55)91-53-43(78)36(71)29(68)22-85-53)96-59(84)65-18-16-60(4,5)20-28(65)27-10-11-32-61(6)14-13-33(62(7,23-67)31(61)12-15-64(32,9)63(27,8)17-19-65)90-57-50(41(76)40(75)49(93-57)52(82)83)94-56-45(80)39(74)37(72)30(21-66)89-56/h10,23-26,28-51,53-58,66,68-81H,11-22H2,1-9H3,(H,82,83)/t24-,25+,26-,28-,29+,30+,31+,32+,33-,34-,35-,36-,37-,38+,39-,40-,41-,42-,43+,44+,45+,46+,47-,48-,49-,50+,51+,53-,54-,55-,56-,57+,58-,61-,62-,63+,64+,65-/m0/s1. The quantitative estimate of drug-likeness (QED) is 0.0329. The summed E-state index contributed by atoms with van der Waals surface area (Å²) >= 11 is 0. The molecule has 0 aromatic carbocycles. The lowest BCUT2D eigenvalue weighted by Crippen LogP contribution is -2.68. The number of aliphatic hydroxyl groups is 15. The third-order valence-corrected chi connectivity index (χ3v) is 25.1. The SMILES string of the molecule is C[C@@H]1O[C@@H](O[C@H]2[C@@H](O)[C@@H](C)O[C@@H](OC(=O)[C@]34CCC(C)(C)C[C@H]3C3=CC[C@@H]5[C@@]6(C)CC[C@H](O[C@@H]7O[C@H](C(=O)O)[C@@H](O)[C@H](O)[C@H]7O[C@@H]7O[C@H](CO)[C@H](O)[C@H](O)[C@H]7O)[C@@](C)(C=O)[C@@H]6CC[C@@]5(C)[C@]3(C)CC4)[C@@H]2O[C@@H]2O[C@@H](C)[C@H](O[C@@H]3OC[C@@H](O)[C@H](O)[C@H]3O)[C@@H](O)[C@H]2O)[C@H](O)[C@H](O)[C@H]1O. The van der Waals surface area contributed by atoms with E-state index in [4.69, 9.17) is 56.8 Å². The highest BCUT2D eigenvalue weighted by atomic mass is 16.8. The summed E-state index contributed by atoms with van der Waals surface area (Å²) in [6.45, 7) is 15.9. The summed E-state index contributed by atoms with van der Waals surface area (Å²) in [5.41, 5.74) is -3.28. The molecule has 0 radical (unpaired) electrons. The number of aldehydes is 1. The van der Waals surface area contributed by atoms with E-state index in [-0.39, 0.29) is 23.7 Å². The number of hydrogen-bond donors (Lipinski definition) is 16. The van der Waals surface area contributed by atoms with Crippen LogP contribution in [0.15, 0.2) is 11.6 Å². The zero-order valence-corrected chi connectivity index (χ0v) is 55.5. The molecule has 548 valence electrons. The Morgan fingerprint density at radius 3 is 1.75 bits per heavy atom. The smallest absolute Gasteiger partial charge is 0.335 e. The Labute approximate surface area is 555 Å². The van der Waals surface area contributed by atoms with Gasteiger partial charge in [-0.15, -0.1) is 0 Å². The Balaban J connectivity index is 0.865. The second kappa shape index (κ2) is 27.5. The van der Waals surface area contributed by atoms with Gasteiger partial charge in [0.15, 0.2) is 43.7 Å². The fourth-order valence-corrected chi connectivity index (χ4v) is 18.9. The lowest BCUT2D eigenvalue weighted by Gasteiger charge is -2.71. The number of esters is 1. The second-order valence-corrected chi connectivity index (χ2v) is 31.1. The molecule has 5 aliphatic carbocycles.